The summed E-state index contributed by atoms with van der Waals surface area (Å²) in [4.78, 5) is 15.2. The van der Waals surface area contributed by atoms with Crippen LogP contribution in [0.5, 0.6) is 0 Å². The van der Waals surface area contributed by atoms with Crippen molar-refractivity contribution < 1.29 is 4.79 Å². The monoisotopic (exact) mass is 192 g/mol. The number of aromatic nitrogens is 2. The molecule has 1 aromatic rings. The predicted octanol–water partition coefficient (Wildman–Crippen LogP) is 2.50. The van der Waals surface area contributed by atoms with E-state index in [0.717, 1.165) is 19.3 Å². The molecule has 1 heterocycles. The molecule has 0 aliphatic rings. The molecule has 0 bridgehead atoms. The van der Waals surface area contributed by atoms with Crippen molar-refractivity contribution in [1.82, 2.24) is 9.55 Å². The molecular formula is C11H16N2O. The smallest absolute Gasteiger partial charge is 0.157 e. The number of nitrogens with zero attached hydrogens (tertiary/aromatic N) is 2. The molecule has 0 fully saturated rings. The average Bonchev–Trinajstić information content (AvgIpc) is 2.68. The van der Waals surface area contributed by atoms with Crippen LogP contribution in [-0.4, -0.2) is 15.3 Å². The van der Waals surface area contributed by atoms with E-state index in [4.69, 9.17) is 0 Å². The van der Waals surface area contributed by atoms with Gasteiger partial charge in [-0.1, -0.05) is 19.8 Å². The van der Waals surface area contributed by atoms with Crippen molar-refractivity contribution in [3.05, 3.63) is 24.8 Å². The summed E-state index contributed by atoms with van der Waals surface area (Å²) in [5.41, 5.74) is 0. The Morgan fingerprint density at radius 2 is 2.36 bits per heavy atom. The molecule has 3 nitrogen and oxygen atoms in total. The number of ketones is 1. The standard InChI is InChI=1S/C11H16N2O/c1-2-3-4-5-11(14)6-8-13-9-7-12-10-13/h6-10H,2-5H2,1H3. The van der Waals surface area contributed by atoms with E-state index in [0.29, 0.717) is 6.42 Å². The van der Waals surface area contributed by atoms with E-state index in [1.165, 1.54) is 0 Å². The molecule has 0 N–H and O–H groups in total. The summed E-state index contributed by atoms with van der Waals surface area (Å²) in [5, 5.41) is 0. The third kappa shape index (κ3) is 4.03. The fourth-order valence-corrected chi connectivity index (χ4v) is 1.16. The highest BCUT2D eigenvalue weighted by Crippen LogP contribution is 2.00. The number of imidazole rings is 1. The molecule has 0 saturated heterocycles. The zero-order chi connectivity index (χ0) is 10.2. The zero-order valence-electron chi connectivity index (χ0n) is 8.52. The van der Waals surface area contributed by atoms with Gasteiger partial charge < -0.3 is 4.57 Å². The van der Waals surface area contributed by atoms with Gasteiger partial charge in [0.25, 0.3) is 0 Å². The van der Waals surface area contributed by atoms with Crippen LogP contribution in [0.15, 0.2) is 24.8 Å². The molecule has 0 aromatic carbocycles. The second-order valence-electron chi connectivity index (χ2n) is 3.25. The molecule has 0 unspecified atom stereocenters. The van der Waals surface area contributed by atoms with Crippen LogP contribution in [0.3, 0.4) is 0 Å². The molecule has 0 saturated carbocycles. The molecule has 0 amide bonds. The Balaban J connectivity index is 2.26. The van der Waals surface area contributed by atoms with Crippen LogP contribution in [0, 0.1) is 0 Å². The normalized spacial score (nSPS) is 10.9. The van der Waals surface area contributed by atoms with E-state index < -0.39 is 0 Å². The largest absolute Gasteiger partial charge is 0.313 e. The van der Waals surface area contributed by atoms with Gasteiger partial charge in [0.15, 0.2) is 5.78 Å². The maximum absolute atomic E-state index is 11.3. The van der Waals surface area contributed by atoms with E-state index in [1.54, 1.807) is 35.6 Å². The van der Waals surface area contributed by atoms with Gasteiger partial charge in [-0.15, -0.1) is 0 Å². The van der Waals surface area contributed by atoms with Crippen molar-refractivity contribution in [3.8, 4) is 0 Å². The molecule has 14 heavy (non-hydrogen) atoms. The topological polar surface area (TPSA) is 34.9 Å². The first-order valence-corrected chi connectivity index (χ1v) is 5.01. The lowest BCUT2D eigenvalue weighted by molar-refractivity contribution is -0.114. The van der Waals surface area contributed by atoms with E-state index in [9.17, 15) is 4.79 Å². The van der Waals surface area contributed by atoms with E-state index >= 15 is 0 Å². The summed E-state index contributed by atoms with van der Waals surface area (Å²) in [6.07, 6.45) is 12.4. The molecule has 0 aliphatic heterocycles. The predicted molar refractivity (Wildman–Crippen MR) is 56.7 cm³/mol. The van der Waals surface area contributed by atoms with E-state index in [1.807, 2.05) is 0 Å². The van der Waals surface area contributed by atoms with Crippen LogP contribution < -0.4 is 0 Å². The number of carbonyl (C=O) groups excluding carboxylic acids is 1. The molecule has 0 atom stereocenters. The van der Waals surface area contributed by atoms with Crippen LogP contribution >= 0.6 is 0 Å². The van der Waals surface area contributed by atoms with Gasteiger partial charge in [-0.3, -0.25) is 4.79 Å². The molecule has 0 aliphatic carbocycles. The van der Waals surface area contributed by atoms with Crippen molar-refractivity contribution >= 4 is 12.0 Å². The van der Waals surface area contributed by atoms with Gasteiger partial charge in [0.1, 0.15) is 0 Å². The summed E-state index contributed by atoms with van der Waals surface area (Å²) in [6.45, 7) is 2.13. The zero-order valence-corrected chi connectivity index (χ0v) is 8.52. The number of hydrogen-bond donors (Lipinski definition) is 0. The SMILES string of the molecule is CCCCCC(=O)C=Cn1ccnc1. The average molecular weight is 192 g/mol. The summed E-state index contributed by atoms with van der Waals surface area (Å²) in [7, 11) is 0. The van der Waals surface area contributed by atoms with Crippen molar-refractivity contribution in [2.45, 2.75) is 32.6 Å². The summed E-state index contributed by atoms with van der Waals surface area (Å²) in [6, 6.07) is 0. The number of carbonyl (C=O) groups is 1. The highest BCUT2D eigenvalue weighted by Gasteiger charge is 1.95. The highest BCUT2D eigenvalue weighted by molar-refractivity contribution is 5.91. The maximum atomic E-state index is 11.3. The summed E-state index contributed by atoms with van der Waals surface area (Å²) < 4.78 is 1.76. The fourth-order valence-electron chi connectivity index (χ4n) is 1.16. The number of hydrogen-bond acceptors (Lipinski definition) is 2. The van der Waals surface area contributed by atoms with Gasteiger partial charge in [0, 0.05) is 25.0 Å². The Labute approximate surface area is 84.5 Å². The second-order valence-corrected chi connectivity index (χ2v) is 3.25. The van der Waals surface area contributed by atoms with Crippen molar-refractivity contribution in [3.63, 3.8) is 0 Å². The van der Waals surface area contributed by atoms with Gasteiger partial charge in [-0.2, -0.15) is 0 Å². The summed E-state index contributed by atoms with van der Waals surface area (Å²) in [5.74, 6) is 0.187. The first kappa shape index (κ1) is 10.7. The third-order valence-corrected chi connectivity index (χ3v) is 1.98. The number of allylic oxidation sites excluding steroid dienone is 1. The molecule has 76 valence electrons. The Morgan fingerprint density at radius 3 is 3.00 bits per heavy atom. The van der Waals surface area contributed by atoms with Crippen LogP contribution in [0.25, 0.3) is 6.20 Å². The Bertz CT molecular complexity index is 288. The van der Waals surface area contributed by atoms with Gasteiger partial charge in [-0.05, 0) is 12.5 Å². The van der Waals surface area contributed by atoms with Crippen LogP contribution in [-0.2, 0) is 4.79 Å². The second kappa shape index (κ2) is 6.13. The van der Waals surface area contributed by atoms with Crippen molar-refractivity contribution in [2.24, 2.45) is 0 Å². The Hall–Kier alpha value is -1.38. The lowest BCUT2D eigenvalue weighted by Gasteiger charge is -1.94. The van der Waals surface area contributed by atoms with E-state index in [-0.39, 0.29) is 5.78 Å². The van der Waals surface area contributed by atoms with Crippen LogP contribution in [0.1, 0.15) is 32.6 Å². The molecule has 1 aromatic heterocycles. The van der Waals surface area contributed by atoms with Crippen molar-refractivity contribution in [2.75, 3.05) is 0 Å². The number of rotatable bonds is 6. The molecule has 1 rings (SSSR count). The highest BCUT2D eigenvalue weighted by atomic mass is 16.1. The minimum absolute atomic E-state index is 0.187. The first-order chi connectivity index (χ1) is 6.83. The third-order valence-electron chi connectivity index (χ3n) is 1.98. The van der Waals surface area contributed by atoms with Crippen LogP contribution in [0.4, 0.5) is 0 Å². The minimum Gasteiger partial charge on any atom is -0.313 e. The van der Waals surface area contributed by atoms with Gasteiger partial charge in [0.05, 0.1) is 6.33 Å². The maximum Gasteiger partial charge on any atom is 0.157 e. The van der Waals surface area contributed by atoms with E-state index in [2.05, 4.69) is 11.9 Å². The van der Waals surface area contributed by atoms with Crippen LogP contribution in [0.2, 0.25) is 0 Å². The molecular weight excluding hydrogens is 176 g/mol. The molecule has 0 spiro atoms. The Morgan fingerprint density at radius 1 is 1.50 bits per heavy atom. The Kier molecular flexibility index (Phi) is 4.69. The minimum atomic E-state index is 0.187. The lowest BCUT2D eigenvalue weighted by atomic mass is 10.1. The lowest BCUT2D eigenvalue weighted by Crippen LogP contribution is -1.93. The molecule has 3 heteroatoms. The summed E-state index contributed by atoms with van der Waals surface area (Å²) >= 11 is 0. The quantitative estimate of drug-likeness (QED) is 0.512. The fraction of sp³-hybridized carbons (Fsp3) is 0.455. The van der Waals surface area contributed by atoms with Gasteiger partial charge in [-0.25, -0.2) is 4.98 Å². The molecule has 0 radical (unpaired) electrons. The van der Waals surface area contributed by atoms with Crippen molar-refractivity contribution in [1.29, 1.82) is 0 Å². The number of unbranched alkanes of at least 4 members (excludes halogenated alkanes) is 2. The first-order valence-electron chi connectivity index (χ1n) is 5.01. The van der Waals surface area contributed by atoms with Gasteiger partial charge >= 0.3 is 0 Å². The van der Waals surface area contributed by atoms with Gasteiger partial charge in [0.2, 0.25) is 0 Å².